The van der Waals surface area contributed by atoms with E-state index in [-0.39, 0.29) is 12.3 Å². The van der Waals surface area contributed by atoms with Gasteiger partial charge < -0.3 is 5.32 Å². The number of benzene rings is 2. The SMILES string of the molecule is Cc1cc(C)c(NC(=O)CN(C)S(=O)(=O)Cc2ccc(C#N)cc2)c(C)c1. The lowest BCUT2D eigenvalue weighted by atomic mass is 10.1. The molecule has 0 aliphatic rings. The summed E-state index contributed by atoms with van der Waals surface area (Å²) in [5, 5.41) is 11.6. The average molecular weight is 385 g/mol. The zero-order chi connectivity index (χ0) is 20.2. The van der Waals surface area contributed by atoms with E-state index in [1.807, 2.05) is 39.0 Å². The molecule has 2 rings (SSSR count). The van der Waals surface area contributed by atoms with Crippen LogP contribution in [0.4, 0.5) is 5.69 Å². The van der Waals surface area contributed by atoms with Gasteiger partial charge in [-0.2, -0.15) is 9.57 Å². The van der Waals surface area contributed by atoms with Crippen molar-refractivity contribution in [2.45, 2.75) is 26.5 Å². The molecule has 1 amide bonds. The van der Waals surface area contributed by atoms with Crippen LogP contribution < -0.4 is 5.32 Å². The molecule has 0 aliphatic carbocycles. The standard InChI is InChI=1S/C20H23N3O3S/c1-14-9-15(2)20(16(3)10-14)22-19(24)12-23(4)27(25,26)13-18-7-5-17(11-21)6-8-18/h5-10H,12-13H2,1-4H3,(H,22,24). The quantitative estimate of drug-likeness (QED) is 0.828. The molecule has 1 N–H and O–H groups in total. The predicted octanol–water partition coefficient (Wildman–Crippen LogP) is 2.88. The number of nitrogens with zero attached hydrogens (tertiary/aromatic N) is 2. The summed E-state index contributed by atoms with van der Waals surface area (Å²) < 4.78 is 26.0. The topological polar surface area (TPSA) is 90.3 Å². The van der Waals surface area contributed by atoms with Crippen LogP contribution in [0.5, 0.6) is 0 Å². The highest BCUT2D eigenvalue weighted by atomic mass is 32.2. The maximum atomic E-state index is 12.5. The first-order chi connectivity index (χ1) is 12.6. The van der Waals surface area contributed by atoms with Crippen molar-refractivity contribution in [3.05, 3.63) is 64.2 Å². The second-order valence-electron chi connectivity index (χ2n) is 6.64. The summed E-state index contributed by atoms with van der Waals surface area (Å²) in [6.45, 7) is 5.52. The highest BCUT2D eigenvalue weighted by molar-refractivity contribution is 7.88. The summed E-state index contributed by atoms with van der Waals surface area (Å²) in [7, 11) is -2.28. The second kappa shape index (κ2) is 8.33. The van der Waals surface area contributed by atoms with Gasteiger partial charge in [-0.15, -0.1) is 0 Å². The van der Waals surface area contributed by atoms with Crippen molar-refractivity contribution in [2.24, 2.45) is 0 Å². The van der Waals surface area contributed by atoms with Crippen LogP contribution in [0.15, 0.2) is 36.4 Å². The molecule has 0 aliphatic heterocycles. The number of likely N-dealkylation sites (N-methyl/N-ethyl adjacent to an activating group) is 1. The molecule has 27 heavy (non-hydrogen) atoms. The molecule has 6 nitrogen and oxygen atoms in total. The molecular formula is C20H23N3O3S. The van der Waals surface area contributed by atoms with Crippen LogP contribution in [0.25, 0.3) is 0 Å². The molecule has 2 aromatic rings. The molecule has 0 heterocycles. The number of nitriles is 1. The second-order valence-corrected chi connectivity index (χ2v) is 8.72. The van der Waals surface area contributed by atoms with Crippen molar-refractivity contribution in [3.63, 3.8) is 0 Å². The maximum absolute atomic E-state index is 12.5. The maximum Gasteiger partial charge on any atom is 0.239 e. The van der Waals surface area contributed by atoms with E-state index in [0.717, 1.165) is 21.0 Å². The van der Waals surface area contributed by atoms with Crippen molar-refractivity contribution < 1.29 is 13.2 Å². The minimum atomic E-state index is -3.66. The molecule has 7 heteroatoms. The highest BCUT2D eigenvalue weighted by Gasteiger charge is 2.21. The zero-order valence-electron chi connectivity index (χ0n) is 15.9. The van der Waals surface area contributed by atoms with Crippen LogP contribution in [0.3, 0.4) is 0 Å². The van der Waals surface area contributed by atoms with E-state index in [1.54, 1.807) is 24.3 Å². The number of rotatable bonds is 6. The first kappa shape index (κ1) is 20.6. The Morgan fingerprint density at radius 2 is 1.67 bits per heavy atom. The van der Waals surface area contributed by atoms with Crippen LogP contribution in [-0.2, 0) is 20.6 Å². The van der Waals surface area contributed by atoms with Gasteiger partial charge in [0.05, 0.1) is 23.9 Å². The lowest BCUT2D eigenvalue weighted by Gasteiger charge is -2.18. The number of anilines is 1. The molecule has 0 atom stereocenters. The van der Waals surface area contributed by atoms with Crippen molar-refractivity contribution in [2.75, 3.05) is 18.9 Å². The largest absolute Gasteiger partial charge is 0.324 e. The Hall–Kier alpha value is -2.69. The van der Waals surface area contributed by atoms with Gasteiger partial charge in [0.15, 0.2) is 0 Å². The number of nitrogens with one attached hydrogen (secondary N) is 1. The molecule has 2 aromatic carbocycles. The summed E-state index contributed by atoms with van der Waals surface area (Å²) in [6.07, 6.45) is 0. The van der Waals surface area contributed by atoms with Crippen molar-refractivity contribution in [3.8, 4) is 6.07 Å². The molecule has 0 aromatic heterocycles. The van der Waals surface area contributed by atoms with Gasteiger partial charge in [0, 0.05) is 12.7 Å². The van der Waals surface area contributed by atoms with Crippen LogP contribution in [0.2, 0.25) is 0 Å². The molecule has 0 saturated heterocycles. The van der Waals surface area contributed by atoms with E-state index in [2.05, 4.69) is 5.32 Å². The van der Waals surface area contributed by atoms with Crippen LogP contribution in [0.1, 0.15) is 27.8 Å². The average Bonchev–Trinajstić information content (AvgIpc) is 2.58. The first-order valence-corrected chi connectivity index (χ1v) is 10.0. The Morgan fingerprint density at radius 3 is 2.19 bits per heavy atom. The van der Waals surface area contributed by atoms with Gasteiger partial charge in [-0.05, 0) is 49.6 Å². The fourth-order valence-corrected chi connectivity index (χ4v) is 4.00. The van der Waals surface area contributed by atoms with Gasteiger partial charge in [0.2, 0.25) is 15.9 Å². The monoisotopic (exact) mass is 385 g/mol. The number of carbonyl (C=O) groups is 1. The van der Waals surface area contributed by atoms with Crippen LogP contribution >= 0.6 is 0 Å². The normalized spacial score (nSPS) is 11.3. The fourth-order valence-electron chi connectivity index (χ4n) is 2.85. The third kappa shape index (κ3) is 5.39. The Kier molecular flexibility index (Phi) is 6.37. The zero-order valence-corrected chi connectivity index (χ0v) is 16.7. The highest BCUT2D eigenvalue weighted by Crippen LogP contribution is 2.22. The Bertz CT molecular complexity index is 967. The van der Waals surface area contributed by atoms with E-state index < -0.39 is 15.9 Å². The minimum absolute atomic E-state index is 0.231. The number of aryl methyl sites for hydroxylation is 3. The smallest absolute Gasteiger partial charge is 0.239 e. The Balaban J connectivity index is 2.05. The molecule has 0 radical (unpaired) electrons. The van der Waals surface area contributed by atoms with Crippen LogP contribution in [0, 0.1) is 32.1 Å². The van der Waals surface area contributed by atoms with E-state index in [4.69, 9.17) is 5.26 Å². The van der Waals surface area contributed by atoms with Gasteiger partial charge in [-0.3, -0.25) is 4.79 Å². The van der Waals surface area contributed by atoms with E-state index in [1.165, 1.54) is 7.05 Å². The molecule has 0 bridgehead atoms. The number of hydrogen-bond donors (Lipinski definition) is 1. The third-order valence-electron chi connectivity index (χ3n) is 4.21. The summed E-state index contributed by atoms with van der Waals surface area (Å²) in [6, 6.07) is 12.3. The lowest BCUT2D eigenvalue weighted by Crippen LogP contribution is -2.35. The first-order valence-electron chi connectivity index (χ1n) is 8.43. The molecule has 0 unspecified atom stereocenters. The Morgan fingerprint density at radius 1 is 1.11 bits per heavy atom. The van der Waals surface area contributed by atoms with Gasteiger partial charge in [-0.25, -0.2) is 8.42 Å². The van der Waals surface area contributed by atoms with Crippen molar-refractivity contribution in [1.82, 2.24) is 4.31 Å². The van der Waals surface area contributed by atoms with E-state index >= 15 is 0 Å². The molecular weight excluding hydrogens is 362 g/mol. The molecule has 142 valence electrons. The van der Waals surface area contributed by atoms with Gasteiger partial charge in [0.25, 0.3) is 0 Å². The number of amides is 1. The predicted molar refractivity (Wildman–Crippen MR) is 106 cm³/mol. The summed E-state index contributed by atoms with van der Waals surface area (Å²) in [5.41, 5.74) is 4.71. The molecule has 0 saturated carbocycles. The summed E-state index contributed by atoms with van der Waals surface area (Å²) in [4.78, 5) is 12.3. The number of sulfonamides is 1. The minimum Gasteiger partial charge on any atom is -0.324 e. The summed E-state index contributed by atoms with van der Waals surface area (Å²) in [5.74, 6) is -0.624. The number of hydrogen-bond acceptors (Lipinski definition) is 4. The van der Waals surface area contributed by atoms with Crippen molar-refractivity contribution >= 4 is 21.6 Å². The van der Waals surface area contributed by atoms with Crippen LogP contribution in [-0.4, -0.2) is 32.2 Å². The third-order valence-corrected chi connectivity index (χ3v) is 5.99. The summed E-state index contributed by atoms with van der Waals surface area (Å²) >= 11 is 0. The van der Waals surface area contributed by atoms with Crippen molar-refractivity contribution in [1.29, 1.82) is 5.26 Å². The van der Waals surface area contributed by atoms with Gasteiger partial charge >= 0.3 is 0 Å². The fraction of sp³-hybridized carbons (Fsp3) is 0.300. The molecule has 0 fully saturated rings. The molecule has 0 spiro atoms. The van der Waals surface area contributed by atoms with E-state index in [9.17, 15) is 13.2 Å². The lowest BCUT2D eigenvalue weighted by molar-refractivity contribution is -0.116. The Labute approximate surface area is 160 Å². The van der Waals surface area contributed by atoms with E-state index in [0.29, 0.717) is 16.8 Å². The number of carbonyl (C=O) groups excluding carboxylic acids is 1. The van der Waals surface area contributed by atoms with Gasteiger partial charge in [0.1, 0.15) is 0 Å². The van der Waals surface area contributed by atoms with Gasteiger partial charge in [-0.1, -0.05) is 29.8 Å².